The molecule has 5 nitrogen and oxygen atoms in total. The van der Waals surface area contributed by atoms with E-state index in [9.17, 15) is 14.7 Å². The Bertz CT molecular complexity index is 527. The van der Waals surface area contributed by atoms with E-state index in [1.165, 1.54) is 12.8 Å². The van der Waals surface area contributed by atoms with Crippen molar-refractivity contribution in [2.75, 3.05) is 13.1 Å². The Morgan fingerprint density at radius 2 is 1.78 bits per heavy atom. The van der Waals surface area contributed by atoms with Crippen molar-refractivity contribution in [2.24, 2.45) is 5.92 Å². The molecule has 1 saturated carbocycles. The van der Waals surface area contributed by atoms with E-state index in [0.29, 0.717) is 22.9 Å². The van der Waals surface area contributed by atoms with Crippen LogP contribution in [0.1, 0.15) is 43.8 Å². The maximum absolute atomic E-state index is 11.7. The molecule has 2 rings (SSSR count). The molecule has 6 heteroatoms. The minimum absolute atomic E-state index is 0.0567. The fourth-order valence-electron chi connectivity index (χ4n) is 2.80. The van der Waals surface area contributed by atoms with Gasteiger partial charge in [0.05, 0.1) is 12.6 Å². The molecule has 0 spiro atoms. The van der Waals surface area contributed by atoms with Crippen molar-refractivity contribution in [1.82, 2.24) is 10.6 Å². The third kappa shape index (κ3) is 6.20. The van der Waals surface area contributed by atoms with Crippen molar-refractivity contribution in [3.8, 4) is 0 Å². The van der Waals surface area contributed by atoms with Crippen LogP contribution in [0.4, 0.5) is 0 Å². The van der Waals surface area contributed by atoms with Crippen molar-refractivity contribution in [1.29, 1.82) is 0 Å². The molecule has 0 aromatic heterocycles. The Labute approximate surface area is 141 Å². The zero-order chi connectivity index (χ0) is 16.7. The summed E-state index contributed by atoms with van der Waals surface area (Å²) in [4.78, 5) is 23.5. The summed E-state index contributed by atoms with van der Waals surface area (Å²) in [7, 11) is 0. The van der Waals surface area contributed by atoms with E-state index >= 15 is 0 Å². The summed E-state index contributed by atoms with van der Waals surface area (Å²) >= 11 is 5.78. The predicted octanol–water partition coefficient (Wildman–Crippen LogP) is 2.19. The summed E-state index contributed by atoms with van der Waals surface area (Å²) in [5.41, 5.74) is 0.681. The number of carbonyl (C=O) groups excluding carboxylic acids is 2. The molecule has 1 aromatic carbocycles. The second kappa shape index (κ2) is 8.89. The van der Waals surface area contributed by atoms with Crippen molar-refractivity contribution >= 4 is 23.4 Å². The van der Waals surface area contributed by atoms with Crippen molar-refractivity contribution in [3.05, 3.63) is 34.9 Å². The number of hydrogen-bond donors (Lipinski definition) is 3. The number of aliphatic hydroxyl groups is 1. The molecule has 3 N–H and O–H groups in total. The number of benzene rings is 1. The fourth-order valence-corrected chi connectivity index (χ4v) is 2.93. The normalized spacial score (nSPS) is 16.1. The van der Waals surface area contributed by atoms with E-state index in [1.807, 2.05) is 0 Å². The van der Waals surface area contributed by atoms with Gasteiger partial charge < -0.3 is 15.7 Å². The highest BCUT2D eigenvalue weighted by atomic mass is 35.5. The van der Waals surface area contributed by atoms with Gasteiger partial charge >= 0.3 is 0 Å². The van der Waals surface area contributed by atoms with Crippen LogP contribution in [0.5, 0.6) is 0 Å². The van der Waals surface area contributed by atoms with Gasteiger partial charge in [0.15, 0.2) is 0 Å². The standard InChI is InChI=1S/C17H23ClN2O3/c18-14-7-5-13(6-8-14)15(21)10-19-17(23)11-20-16(22)9-12-3-1-2-4-12/h5-8,12,15,21H,1-4,9-11H2,(H,19,23)(H,20,22). The lowest BCUT2D eigenvalue weighted by Gasteiger charge is -2.13. The van der Waals surface area contributed by atoms with Gasteiger partial charge in [0.2, 0.25) is 11.8 Å². The molecule has 1 fully saturated rings. The second-order valence-corrected chi connectivity index (χ2v) is 6.44. The quantitative estimate of drug-likeness (QED) is 0.713. The highest BCUT2D eigenvalue weighted by molar-refractivity contribution is 6.30. The van der Waals surface area contributed by atoms with Crippen molar-refractivity contribution in [3.63, 3.8) is 0 Å². The van der Waals surface area contributed by atoms with Gasteiger partial charge in [-0.3, -0.25) is 9.59 Å². The summed E-state index contributed by atoms with van der Waals surface area (Å²) < 4.78 is 0. The largest absolute Gasteiger partial charge is 0.387 e. The Balaban J connectivity index is 1.64. The third-order valence-corrected chi connectivity index (χ3v) is 4.39. The van der Waals surface area contributed by atoms with Crippen LogP contribution < -0.4 is 10.6 Å². The first-order valence-electron chi connectivity index (χ1n) is 8.01. The molecule has 1 atom stereocenters. The molecule has 126 valence electrons. The monoisotopic (exact) mass is 338 g/mol. The SMILES string of the molecule is O=C(CNC(=O)CC1CCCC1)NCC(O)c1ccc(Cl)cc1. The molecule has 0 aliphatic heterocycles. The Morgan fingerprint density at radius 1 is 1.13 bits per heavy atom. The molecule has 1 aliphatic rings. The average molecular weight is 339 g/mol. The van der Waals surface area contributed by atoms with Crippen LogP contribution >= 0.6 is 11.6 Å². The maximum atomic E-state index is 11.7. The molecule has 1 aliphatic carbocycles. The second-order valence-electron chi connectivity index (χ2n) is 6.00. The summed E-state index contributed by atoms with van der Waals surface area (Å²) in [5.74, 6) is 0.0767. The zero-order valence-corrected chi connectivity index (χ0v) is 13.8. The van der Waals surface area contributed by atoms with Crippen molar-refractivity contribution < 1.29 is 14.7 Å². The topological polar surface area (TPSA) is 78.4 Å². The summed E-state index contributed by atoms with van der Waals surface area (Å²) in [6, 6.07) is 6.79. The van der Waals surface area contributed by atoms with E-state index in [1.54, 1.807) is 24.3 Å². The van der Waals surface area contributed by atoms with Gasteiger partial charge in [-0.1, -0.05) is 36.6 Å². The predicted molar refractivity (Wildman–Crippen MR) is 89.0 cm³/mol. The number of aliphatic hydroxyl groups excluding tert-OH is 1. The first-order valence-corrected chi connectivity index (χ1v) is 8.39. The summed E-state index contributed by atoms with van der Waals surface area (Å²) in [5, 5.41) is 15.8. The van der Waals surface area contributed by atoms with Gasteiger partial charge in [0.1, 0.15) is 0 Å². The van der Waals surface area contributed by atoms with Crippen LogP contribution in [0.2, 0.25) is 5.02 Å². The molecule has 0 saturated heterocycles. The molecule has 1 unspecified atom stereocenters. The van der Waals surface area contributed by atoms with Gasteiger partial charge in [0.25, 0.3) is 0 Å². The van der Waals surface area contributed by atoms with Crippen LogP contribution in [-0.2, 0) is 9.59 Å². The average Bonchev–Trinajstić information content (AvgIpc) is 3.04. The van der Waals surface area contributed by atoms with Crippen LogP contribution in [0.3, 0.4) is 0 Å². The van der Waals surface area contributed by atoms with E-state index in [4.69, 9.17) is 11.6 Å². The molecular formula is C17H23ClN2O3. The smallest absolute Gasteiger partial charge is 0.239 e. The number of nitrogens with one attached hydrogen (secondary N) is 2. The number of halogens is 1. The molecule has 1 aromatic rings. The highest BCUT2D eigenvalue weighted by Crippen LogP contribution is 2.27. The van der Waals surface area contributed by atoms with E-state index in [-0.39, 0.29) is 24.9 Å². The number of hydrogen-bond acceptors (Lipinski definition) is 3. The van der Waals surface area contributed by atoms with E-state index in [0.717, 1.165) is 12.8 Å². The van der Waals surface area contributed by atoms with Crippen LogP contribution in [0, 0.1) is 5.92 Å². The third-order valence-electron chi connectivity index (χ3n) is 4.14. The molecule has 0 bridgehead atoms. The highest BCUT2D eigenvalue weighted by Gasteiger charge is 2.18. The number of amides is 2. The molecule has 0 radical (unpaired) electrons. The Hall–Kier alpha value is -1.59. The summed E-state index contributed by atoms with van der Waals surface area (Å²) in [6.45, 7) is 0.0395. The minimum Gasteiger partial charge on any atom is -0.387 e. The lowest BCUT2D eigenvalue weighted by molar-refractivity contribution is -0.126. The van der Waals surface area contributed by atoms with Gasteiger partial charge in [-0.25, -0.2) is 0 Å². The first-order chi connectivity index (χ1) is 11.0. The number of rotatable bonds is 7. The molecule has 0 heterocycles. The van der Waals surface area contributed by atoms with Gasteiger partial charge in [-0.2, -0.15) is 0 Å². The molecule has 23 heavy (non-hydrogen) atoms. The number of carbonyl (C=O) groups is 2. The fraction of sp³-hybridized carbons (Fsp3) is 0.529. The Kier molecular flexibility index (Phi) is 6.86. The van der Waals surface area contributed by atoms with E-state index < -0.39 is 6.10 Å². The maximum Gasteiger partial charge on any atom is 0.239 e. The van der Waals surface area contributed by atoms with Crippen LogP contribution in [0.25, 0.3) is 0 Å². The van der Waals surface area contributed by atoms with Gasteiger partial charge in [-0.15, -0.1) is 0 Å². The Morgan fingerprint density at radius 3 is 2.43 bits per heavy atom. The minimum atomic E-state index is -0.801. The summed E-state index contributed by atoms with van der Waals surface area (Å²) in [6.07, 6.45) is 4.30. The van der Waals surface area contributed by atoms with Crippen molar-refractivity contribution in [2.45, 2.75) is 38.2 Å². The van der Waals surface area contributed by atoms with Crippen LogP contribution in [0.15, 0.2) is 24.3 Å². The van der Waals surface area contributed by atoms with Gasteiger partial charge in [0, 0.05) is 18.0 Å². The lowest BCUT2D eigenvalue weighted by atomic mass is 10.0. The zero-order valence-electron chi connectivity index (χ0n) is 13.1. The first kappa shape index (κ1) is 17.8. The van der Waals surface area contributed by atoms with E-state index in [2.05, 4.69) is 10.6 Å². The molecule has 2 amide bonds. The van der Waals surface area contributed by atoms with Gasteiger partial charge in [-0.05, 0) is 36.5 Å². The lowest BCUT2D eigenvalue weighted by Crippen LogP contribution is -2.38. The van der Waals surface area contributed by atoms with Crippen LogP contribution in [-0.4, -0.2) is 30.0 Å². The molecular weight excluding hydrogens is 316 g/mol.